The molecule has 0 heterocycles. The predicted molar refractivity (Wildman–Crippen MR) is 68.7 cm³/mol. The number of ether oxygens (including phenoxy) is 1. The van der Waals surface area contributed by atoms with E-state index in [1.54, 1.807) is 38.1 Å². The van der Waals surface area contributed by atoms with Gasteiger partial charge in [0.2, 0.25) is 0 Å². The van der Waals surface area contributed by atoms with Crippen molar-refractivity contribution >= 4 is 17.4 Å². The zero-order chi connectivity index (χ0) is 13.8. The van der Waals surface area contributed by atoms with Gasteiger partial charge in [-0.15, -0.1) is 0 Å². The molecule has 1 aromatic rings. The van der Waals surface area contributed by atoms with Gasteiger partial charge in [-0.05, 0) is 38.1 Å². The molecule has 0 atom stereocenters. The summed E-state index contributed by atoms with van der Waals surface area (Å²) in [6.07, 6.45) is 0. The van der Waals surface area contributed by atoms with E-state index >= 15 is 0 Å². The maximum atomic E-state index is 11.8. The van der Waals surface area contributed by atoms with Gasteiger partial charge in [0, 0.05) is 18.4 Å². The first-order valence-electron chi connectivity index (χ1n) is 5.35. The van der Waals surface area contributed by atoms with E-state index in [4.69, 9.17) is 15.7 Å². The third-order valence-electron chi connectivity index (χ3n) is 2.60. The highest BCUT2D eigenvalue weighted by Crippen LogP contribution is 2.14. The van der Waals surface area contributed by atoms with E-state index in [1.807, 2.05) is 0 Å². The molecule has 4 N–H and O–H groups in total. The minimum absolute atomic E-state index is 0.0186. The van der Waals surface area contributed by atoms with Gasteiger partial charge in [0.1, 0.15) is 5.60 Å². The van der Waals surface area contributed by atoms with Gasteiger partial charge in [-0.1, -0.05) is 5.16 Å². The number of anilines is 1. The number of hydrogen-bond donors (Lipinski definition) is 3. The lowest BCUT2D eigenvalue weighted by molar-refractivity contribution is -0.133. The minimum Gasteiger partial charge on any atom is -0.409 e. The Morgan fingerprint density at radius 1 is 1.39 bits per heavy atom. The van der Waals surface area contributed by atoms with Crippen molar-refractivity contribution in [2.75, 3.05) is 12.4 Å². The molecule has 18 heavy (non-hydrogen) atoms. The van der Waals surface area contributed by atoms with Crippen molar-refractivity contribution in [1.82, 2.24) is 0 Å². The van der Waals surface area contributed by atoms with E-state index in [-0.39, 0.29) is 11.7 Å². The summed E-state index contributed by atoms with van der Waals surface area (Å²) >= 11 is 0. The van der Waals surface area contributed by atoms with Gasteiger partial charge in [-0.3, -0.25) is 4.79 Å². The number of oxime groups is 1. The third-order valence-corrected chi connectivity index (χ3v) is 2.60. The minimum atomic E-state index is -0.899. The average Bonchev–Trinajstić information content (AvgIpc) is 2.38. The molecule has 0 saturated carbocycles. The molecular formula is C12H17N3O3. The van der Waals surface area contributed by atoms with Crippen LogP contribution in [0.3, 0.4) is 0 Å². The molecule has 0 spiro atoms. The Bertz CT molecular complexity index is 452. The molecule has 1 amide bonds. The molecule has 0 aliphatic heterocycles. The van der Waals surface area contributed by atoms with Crippen molar-refractivity contribution in [3.63, 3.8) is 0 Å². The highest BCUT2D eigenvalue weighted by Gasteiger charge is 2.26. The van der Waals surface area contributed by atoms with Gasteiger partial charge in [0.05, 0.1) is 0 Å². The first kappa shape index (κ1) is 14.0. The molecule has 1 rings (SSSR count). The summed E-state index contributed by atoms with van der Waals surface area (Å²) in [5.41, 5.74) is 5.71. The molecule has 0 unspecified atom stereocenters. The van der Waals surface area contributed by atoms with E-state index < -0.39 is 5.60 Å². The number of carbonyl (C=O) groups is 1. The van der Waals surface area contributed by atoms with Crippen molar-refractivity contribution in [3.05, 3.63) is 29.8 Å². The van der Waals surface area contributed by atoms with Crippen LogP contribution < -0.4 is 11.1 Å². The topological polar surface area (TPSA) is 96.9 Å². The predicted octanol–water partition coefficient (Wildman–Crippen LogP) is 1.14. The van der Waals surface area contributed by atoms with E-state index in [0.717, 1.165) is 0 Å². The standard InChI is InChI=1S/C12H17N3O3/c1-12(2,18-3)11(16)14-9-6-4-8(5-7-9)10(13)15-17/h4-7,17H,1-3H3,(H2,13,15)(H,14,16). The lowest BCUT2D eigenvalue weighted by Gasteiger charge is -2.21. The van der Waals surface area contributed by atoms with Crippen molar-refractivity contribution in [3.8, 4) is 0 Å². The second kappa shape index (κ2) is 5.50. The summed E-state index contributed by atoms with van der Waals surface area (Å²) in [6, 6.07) is 6.61. The fourth-order valence-corrected chi connectivity index (χ4v) is 1.16. The number of carbonyl (C=O) groups excluding carboxylic acids is 1. The maximum absolute atomic E-state index is 11.8. The fourth-order valence-electron chi connectivity index (χ4n) is 1.16. The van der Waals surface area contributed by atoms with Crippen LogP contribution in [0.1, 0.15) is 19.4 Å². The number of nitrogens with zero attached hydrogens (tertiary/aromatic N) is 1. The Morgan fingerprint density at radius 3 is 2.39 bits per heavy atom. The Hall–Kier alpha value is -2.08. The van der Waals surface area contributed by atoms with Gasteiger partial charge < -0.3 is 21.0 Å². The van der Waals surface area contributed by atoms with Crippen LogP contribution in [0.25, 0.3) is 0 Å². The normalized spacial score (nSPS) is 12.3. The maximum Gasteiger partial charge on any atom is 0.256 e. The van der Waals surface area contributed by atoms with Gasteiger partial charge in [-0.2, -0.15) is 0 Å². The molecule has 0 radical (unpaired) electrons. The Morgan fingerprint density at radius 2 is 1.94 bits per heavy atom. The number of rotatable bonds is 4. The van der Waals surface area contributed by atoms with Crippen LogP contribution in [0.5, 0.6) is 0 Å². The summed E-state index contributed by atoms with van der Waals surface area (Å²) in [7, 11) is 1.47. The molecule has 98 valence electrons. The molecule has 0 aliphatic carbocycles. The largest absolute Gasteiger partial charge is 0.409 e. The second-order valence-electron chi connectivity index (χ2n) is 4.23. The first-order chi connectivity index (χ1) is 8.40. The SMILES string of the molecule is COC(C)(C)C(=O)Nc1ccc(/C(N)=N/O)cc1. The highest BCUT2D eigenvalue weighted by atomic mass is 16.5. The van der Waals surface area contributed by atoms with Crippen molar-refractivity contribution in [1.29, 1.82) is 0 Å². The molecule has 0 fully saturated rings. The van der Waals surface area contributed by atoms with Crippen LogP contribution >= 0.6 is 0 Å². The van der Waals surface area contributed by atoms with Gasteiger partial charge >= 0.3 is 0 Å². The smallest absolute Gasteiger partial charge is 0.256 e. The zero-order valence-corrected chi connectivity index (χ0v) is 10.6. The Balaban J connectivity index is 2.79. The Labute approximate surface area is 105 Å². The van der Waals surface area contributed by atoms with E-state index in [1.165, 1.54) is 7.11 Å². The van der Waals surface area contributed by atoms with E-state index in [0.29, 0.717) is 11.3 Å². The van der Waals surface area contributed by atoms with Crippen LogP contribution in [-0.2, 0) is 9.53 Å². The van der Waals surface area contributed by atoms with Crippen LogP contribution in [0.15, 0.2) is 29.4 Å². The highest BCUT2D eigenvalue weighted by molar-refractivity contribution is 5.99. The molecule has 0 bridgehead atoms. The van der Waals surface area contributed by atoms with E-state index in [2.05, 4.69) is 10.5 Å². The fraction of sp³-hybridized carbons (Fsp3) is 0.333. The number of amides is 1. The average molecular weight is 251 g/mol. The van der Waals surface area contributed by atoms with Gasteiger partial charge in [-0.25, -0.2) is 0 Å². The lowest BCUT2D eigenvalue weighted by Crippen LogP contribution is -2.38. The Kier molecular flexibility index (Phi) is 4.28. The molecule has 1 aromatic carbocycles. The third kappa shape index (κ3) is 3.21. The summed E-state index contributed by atoms with van der Waals surface area (Å²) < 4.78 is 5.07. The quantitative estimate of drug-likeness (QED) is 0.323. The molecule has 6 heteroatoms. The number of nitrogens with one attached hydrogen (secondary N) is 1. The summed E-state index contributed by atoms with van der Waals surface area (Å²) in [6.45, 7) is 3.35. The molecule has 0 aromatic heterocycles. The van der Waals surface area contributed by atoms with Crippen LogP contribution in [0.2, 0.25) is 0 Å². The molecule has 6 nitrogen and oxygen atoms in total. The summed E-state index contributed by atoms with van der Waals surface area (Å²) in [4.78, 5) is 11.8. The second-order valence-corrected chi connectivity index (χ2v) is 4.23. The number of amidine groups is 1. The summed E-state index contributed by atoms with van der Waals surface area (Å²) in [5, 5.41) is 14.1. The first-order valence-corrected chi connectivity index (χ1v) is 5.35. The number of benzene rings is 1. The van der Waals surface area contributed by atoms with Crippen molar-refractivity contribution in [2.45, 2.75) is 19.4 Å². The van der Waals surface area contributed by atoms with Crippen LogP contribution in [0.4, 0.5) is 5.69 Å². The van der Waals surface area contributed by atoms with Crippen LogP contribution in [-0.4, -0.2) is 29.7 Å². The van der Waals surface area contributed by atoms with Gasteiger partial charge in [0.15, 0.2) is 5.84 Å². The number of methoxy groups -OCH3 is 1. The molecule has 0 saturated heterocycles. The lowest BCUT2D eigenvalue weighted by atomic mass is 10.1. The monoisotopic (exact) mass is 251 g/mol. The summed E-state index contributed by atoms with van der Waals surface area (Å²) in [5.74, 6) is -0.230. The number of nitrogens with two attached hydrogens (primary N) is 1. The van der Waals surface area contributed by atoms with Crippen molar-refractivity contribution < 1.29 is 14.7 Å². The van der Waals surface area contributed by atoms with Gasteiger partial charge in [0.25, 0.3) is 5.91 Å². The molecular weight excluding hydrogens is 234 g/mol. The molecule has 0 aliphatic rings. The van der Waals surface area contributed by atoms with E-state index in [9.17, 15) is 4.79 Å². The zero-order valence-electron chi connectivity index (χ0n) is 10.6. The number of hydrogen-bond acceptors (Lipinski definition) is 4. The van der Waals surface area contributed by atoms with Crippen molar-refractivity contribution in [2.24, 2.45) is 10.9 Å². The van der Waals surface area contributed by atoms with Crippen LogP contribution in [0, 0.1) is 0 Å².